The third kappa shape index (κ3) is 4.95. The maximum absolute atomic E-state index is 13.7. The van der Waals surface area contributed by atoms with E-state index in [0.29, 0.717) is 21.3 Å². The smallest absolute Gasteiger partial charge is 0.303 e. The van der Waals surface area contributed by atoms with Gasteiger partial charge in [-0.25, -0.2) is 8.42 Å². The van der Waals surface area contributed by atoms with Crippen LogP contribution in [0.2, 0.25) is 10.0 Å². The molecule has 0 fully saturated rings. The molecule has 9 heteroatoms. The number of ether oxygens (including phenoxy) is 1. The van der Waals surface area contributed by atoms with Gasteiger partial charge in [-0.2, -0.15) is 0 Å². The van der Waals surface area contributed by atoms with Gasteiger partial charge in [0.1, 0.15) is 11.9 Å². The first-order chi connectivity index (χ1) is 15.6. The highest BCUT2D eigenvalue weighted by molar-refractivity contribution is 7.92. The zero-order valence-electron chi connectivity index (χ0n) is 17.7. The summed E-state index contributed by atoms with van der Waals surface area (Å²) in [7, 11) is -3.95. The van der Waals surface area contributed by atoms with Crippen molar-refractivity contribution in [2.24, 2.45) is 0 Å². The maximum atomic E-state index is 13.7. The summed E-state index contributed by atoms with van der Waals surface area (Å²) in [5.74, 6) is -0.699. The van der Waals surface area contributed by atoms with E-state index in [0.717, 1.165) is 11.1 Å². The third-order valence-corrected chi connectivity index (χ3v) is 7.70. The van der Waals surface area contributed by atoms with Crippen LogP contribution in [0.3, 0.4) is 0 Å². The second-order valence-electron chi connectivity index (χ2n) is 7.84. The molecule has 1 aliphatic heterocycles. The molecule has 0 bridgehead atoms. The number of rotatable bonds is 6. The first-order valence-corrected chi connectivity index (χ1v) is 12.4. The lowest BCUT2D eigenvalue weighted by atomic mass is 10.0. The molecule has 0 saturated heterocycles. The van der Waals surface area contributed by atoms with Crippen molar-refractivity contribution in [3.8, 4) is 16.9 Å². The van der Waals surface area contributed by atoms with E-state index in [1.165, 1.54) is 10.4 Å². The molecule has 1 N–H and O–H groups in total. The topological polar surface area (TPSA) is 83.9 Å². The van der Waals surface area contributed by atoms with Crippen LogP contribution in [0.25, 0.3) is 11.1 Å². The monoisotopic (exact) mass is 505 g/mol. The summed E-state index contributed by atoms with van der Waals surface area (Å²) in [4.78, 5) is 11.2. The SMILES string of the molecule is Cc1cccc(S(=O)(=O)N2C[C@H](CCC(=O)O)Oc3cc(Cl)c(-c4cccc(Cl)c4)cc32)c1. The molecular weight excluding hydrogens is 485 g/mol. The Morgan fingerprint density at radius 3 is 2.58 bits per heavy atom. The molecule has 0 saturated carbocycles. The molecule has 1 atom stereocenters. The summed E-state index contributed by atoms with van der Waals surface area (Å²) < 4.78 is 34.6. The van der Waals surface area contributed by atoms with Gasteiger partial charge in [-0.3, -0.25) is 9.10 Å². The number of sulfonamides is 1. The molecule has 172 valence electrons. The summed E-state index contributed by atoms with van der Waals surface area (Å²) in [6.07, 6.45) is -0.629. The van der Waals surface area contributed by atoms with Crippen LogP contribution in [0.1, 0.15) is 18.4 Å². The first-order valence-electron chi connectivity index (χ1n) is 10.2. The van der Waals surface area contributed by atoms with Gasteiger partial charge in [0.25, 0.3) is 10.0 Å². The van der Waals surface area contributed by atoms with E-state index in [1.807, 2.05) is 19.1 Å². The van der Waals surface area contributed by atoms with Crippen LogP contribution in [-0.4, -0.2) is 32.1 Å². The van der Waals surface area contributed by atoms with Gasteiger partial charge in [-0.05, 0) is 54.8 Å². The standard InChI is InChI=1S/C24H21Cl2NO5S/c1-15-4-2-7-19(10-15)33(30,31)27-14-18(8-9-24(28)29)32-23-13-21(26)20(12-22(23)27)16-5-3-6-17(25)11-16/h2-7,10-13,18H,8-9,14H2,1H3,(H,28,29)/t18-/m0/s1. The molecular formula is C24H21Cl2NO5S. The summed E-state index contributed by atoms with van der Waals surface area (Å²) in [5, 5.41) is 9.97. The number of hydrogen-bond donors (Lipinski definition) is 1. The number of benzene rings is 3. The Balaban J connectivity index is 1.85. The van der Waals surface area contributed by atoms with E-state index < -0.39 is 22.1 Å². The third-order valence-electron chi connectivity index (χ3n) is 5.37. The van der Waals surface area contributed by atoms with Gasteiger partial charge in [0.2, 0.25) is 0 Å². The molecule has 0 aliphatic carbocycles. The van der Waals surface area contributed by atoms with Crippen molar-refractivity contribution in [2.75, 3.05) is 10.8 Å². The lowest BCUT2D eigenvalue weighted by Gasteiger charge is -2.36. The van der Waals surface area contributed by atoms with Crippen LogP contribution in [0.5, 0.6) is 5.75 Å². The average molecular weight is 506 g/mol. The van der Waals surface area contributed by atoms with Crippen molar-refractivity contribution in [2.45, 2.75) is 30.8 Å². The van der Waals surface area contributed by atoms with Crippen LogP contribution in [0, 0.1) is 6.92 Å². The number of fused-ring (bicyclic) bond motifs is 1. The largest absolute Gasteiger partial charge is 0.486 e. The van der Waals surface area contributed by atoms with Gasteiger partial charge in [0, 0.05) is 23.1 Å². The fraction of sp³-hybridized carbons (Fsp3) is 0.208. The zero-order chi connectivity index (χ0) is 23.8. The fourth-order valence-electron chi connectivity index (χ4n) is 3.78. The quantitative estimate of drug-likeness (QED) is 0.458. The van der Waals surface area contributed by atoms with E-state index in [9.17, 15) is 13.2 Å². The van der Waals surface area contributed by atoms with Gasteiger partial charge in [0.05, 0.1) is 22.2 Å². The van der Waals surface area contributed by atoms with Crippen molar-refractivity contribution >= 4 is 44.9 Å². The Hall–Kier alpha value is -2.74. The Kier molecular flexibility index (Phi) is 6.56. The van der Waals surface area contributed by atoms with Crippen LogP contribution in [0.15, 0.2) is 65.6 Å². The second-order valence-corrected chi connectivity index (χ2v) is 10.5. The number of carboxylic acids is 1. The highest BCUT2D eigenvalue weighted by Crippen LogP contribution is 2.44. The number of aryl methyl sites for hydroxylation is 1. The molecule has 6 nitrogen and oxygen atoms in total. The van der Waals surface area contributed by atoms with Crippen molar-refractivity contribution in [3.63, 3.8) is 0 Å². The summed E-state index contributed by atoms with van der Waals surface area (Å²) in [5.41, 5.74) is 2.48. The van der Waals surface area contributed by atoms with Crippen LogP contribution >= 0.6 is 23.2 Å². The predicted molar refractivity (Wildman–Crippen MR) is 129 cm³/mol. The molecule has 0 radical (unpaired) electrons. The van der Waals surface area contributed by atoms with Gasteiger partial charge in [-0.1, -0.05) is 47.5 Å². The number of carboxylic acid groups (broad SMARTS) is 1. The maximum Gasteiger partial charge on any atom is 0.303 e. The zero-order valence-corrected chi connectivity index (χ0v) is 20.0. The number of hydrogen-bond acceptors (Lipinski definition) is 4. The number of nitrogens with zero attached hydrogens (tertiary/aromatic N) is 1. The van der Waals surface area contributed by atoms with Crippen molar-refractivity contribution in [1.82, 2.24) is 0 Å². The number of aliphatic carboxylic acids is 1. The van der Waals surface area contributed by atoms with Crippen LogP contribution in [-0.2, 0) is 14.8 Å². The van der Waals surface area contributed by atoms with Gasteiger partial charge in [0.15, 0.2) is 0 Å². The first kappa shape index (κ1) is 23.4. The van der Waals surface area contributed by atoms with Crippen molar-refractivity contribution in [1.29, 1.82) is 0 Å². The minimum absolute atomic E-state index is 0.0207. The lowest BCUT2D eigenvalue weighted by molar-refractivity contribution is -0.137. The van der Waals surface area contributed by atoms with Crippen molar-refractivity contribution < 1.29 is 23.1 Å². The van der Waals surface area contributed by atoms with E-state index in [2.05, 4.69) is 0 Å². The molecule has 3 aromatic carbocycles. The highest BCUT2D eigenvalue weighted by atomic mass is 35.5. The Bertz CT molecular complexity index is 1330. The minimum Gasteiger partial charge on any atom is -0.486 e. The van der Waals surface area contributed by atoms with E-state index in [1.54, 1.807) is 42.5 Å². The molecule has 1 aliphatic rings. The molecule has 0 unspecified atom stereocenters. The molecule has 0 aromatic heterocycles. The highest BCUT2D eigenvalue weighted by Gasteiger charge is 2.35. The number of carbonyl (C=O) groups is 1. The molecule has 33 heavy (non-hydrogen) atoms. The fourth-order valence-corrected chi connectivity index (χ4v) is 5.83. The molecule has 3 aromatic rings. The lowest BCUT2D eigenvalue weighted by Crippen LogP contribution is -2.43. The van der Waals surface area contributed by atoms with Gasteiger partial charge < -0.3 is 9.84 Å². The average Bonchev–Trinajstić information content (AvgIpc) is 2.76. The molecule has 0 amide bonds. The minimum atomic E-state index is -3.95. The summed E-state index contributed by atoms with van der Waals surface area (Å²) >= 11 is 12.7. The van der Waals surface area contributed by atoms with Crippen LogP contribution in [0.4, 0.5) is 5.69 Å². The predicted octanol–water partition coefficient (Wildman–Crippen LogP) is 5.79. The summed E-state index contributed by atoms with van der Waals surface area (Å²) in [6.45, 7) is 1.80. The molecule has 0 spiro atoms. The molecule has 4 rings (SSSR count). The second kappa shape index (κ2) is 9.25. The molecule has 1 heterocycles. The number of anilines is 1. The van der Waals surface area contributed by atoms with E-state index >= 15 is 0 Å². The Morgan fingerprint density at radius 2 is 1.88 bits per heavy atom. The Labute approximate surface area is 202 Å². The number of halogens is 2. The van der Waals surface area contributed by atoms with Gasteiger partial charge >= 0.3 is 5.97 Å². The van der Waals surface area contributed by atoms with E-state index in [4.69, 9.17) is 33.0 Å². The van der Waals surface area contributed by atoms with Gasteiger partial charge in [-0.15, -0.1) is 0 Å². The normalized spacial score (nSPS) is 15.6. The summed E-state index contributed by atoms with van der Waals surface area (Å²) in [6, 6.07) is 17.0. The van der Waals surface area contributed by atoms with E-state index in [-0.39, 0.29) is 30.0 Å². The van der Waals surface area contributed by atoms with Crippen molar-refractivity contribution in [3.05, 3.63) is 76.3 Å². The van der Waals surface area contributed by atoms with Crippen LogP contribution < -0.4 is 9.04 Å². The Morgan fingerprint density at radius 1 is 1.12 bits per heavy atom.